The number of hydrogen-bond donors (Lipinski definition) is 1. The van der Waals surface area contributed by atoms with E-state index in [0.717, 1.165) is 31.8 Å². The Balaban J connectivity index is 2.22. The van der Waals surface area contributed by atoms with Crippen molar-refractivity contribution in [2.45, 2.75) is 13.3 Å². The van der Waals surface area contributed by atoms with Crippen LogP contribution in [0.3, 0.4) is 0 Å². The summed E-state index contributed by atoms with van der Waals surface area (Å²) in [5.74, 6) is 0.900. The van der Waals surface area contributed by atoms with Gasteiger partial charge in [-0.2, -0.15) is 0 Å². The Kier molecular flexibility index (Phi) is 5.23. The molecule has 3 heteroatoms. The van der Waals surface area contributed by atoms with E-state index in [1.165, 1.54) is 22.2 Å². The van der Waals surface area contributed by atoms with Crippen molar-refractivity contribution in [2.24, 2.45) is 0 Å². The molecule has 1 N–H and O–H groups in total. The molecule has 2 aromatic rings. The summed E-state index contributed by atoms with van der Waals surface area (Å²) in [6.07, 6.45) is 4.88. The number of aryl methyl sites for hydroxylation is 1. The molecule has 0 amide bonds. The smallest absolute Gasteiger partial charge is 0.119 e. The highest BCUT2D eigenvalue weighted by Gasteiger charge is 2.11. The van der Waals surface area contributed by atoms with Gasteiger partial charge in [-0.1, -0.05) is 12.2 Å². The van der Waals surface area contributed by atoms with E-state index in [9.17, 15) is 0 Å². The summed E-state index contributed by atoms with van der Waals surface area (Å²) < 4.78 is 5.34. The molecular formula is C18H24N2O. The van der Waals surface area contributed by atoms with Crippen LogP contribution in [-0.4, -0.2) is 36.6 Å². The predicted octanol–water partition coefficient (Wildman–Crippen LogP) is 3.70. The van der Waals surface area contributed by atoms with Crippen molar-refractivity contribution in [3.63, 3.8) is 0 Å². The highest BCUT2D eigenvalue weighted by atomic mass is 16.5. The van der Waals surface area contributed by atoms with Crippen LogP contribution in [0, 0.1) is 6.92 Å². The van der Waals surface area contributed by atoms with Crippen LogP contribution in [0.5, 0.6) is 5.75 Å². The zero-order valence-corrected chi connectivity index (χ0v) is 13.0. The fourth-order valence-corrected chi connectivity index (χ4v) is 2.70. The van der Waals surface area contributed by atoms with Gasteiger partial charge in [-0.25, -0.2) is 0 Å². The second kappa shape index (κ2) is 7.14. The highest BCUT2D eigenvalue weighted by Crippen LogP contribution is 2.26. The summed E-state index contributed by atoms with van der Waals surface area (Å²) >= 11 is 0. The number of nitrogens with zero attached hydrogens (tertiary/aromatic N) is 1. The van der Waals surface area contributed by atoms with Gasteiger partial charge in [-0.05, 0) is 37.1 Å². The number of aromatic amines is 1. The molecule has 0 bridgehead atoms. The fraction of sp³-hybridized carbons (Fsp3) is 0.333. The van der Waals surface area contributed by atoms with Crippen molar-refractivity contribution in [3.05, 3.63) is 54.8 Å². The maximum absolute atomic E-state index is 5.34. The lowest BCUT2D eigenvalue weighted by Gasteiger charge is -2.18. The van der Waals surface area contributed by atoms with Gasteiger partial charge in [-0.3, -0.25) is 4.90 Å². The topological polar surface area (TPSA) is 28.3 Å². The summed E-state index contributed by atoms with van der Waals surface area (Å²) in [4.78, 5) is 5.78. The zero-order chi connectivity index (χ0) is 15.2. The van der Waals surface area contributed by atoms with Gasteiger partial charge in [0, 0.05) is 36.2 Å². The van der Waals surface area contributed by atoms with Crippen LogP contribution >= 0.6 is 0 Å². The minimum absolute atomic E-state index is 0.886. The van der Waals surface area contributed by atoms with Crippen LogP contribution in [-0.2, 0) is 6.42 Å². The molecule has 0 radical (unpaired) electrons. The van der Waals surface area contributed by atoms with Crippen molar-refractivity contribution < 1.29 is 4.74 Å². The Labute approximate surface area is 126 Å². The number of fused-ring (bicyclic) bond motifs is 1. The lowest BCUT2D eigenvalue weighted by molar-refractivity contribution is 0.340. The Bertz CT molecular complexity index is 617. The van der Waals surface area contributed by atoms with Crippen LogP contribution in [0.1, 0.15) is 11.3 Å². The second-order valence-electron chi connectivity index (χ2n) is 5.23. The van der Waals surface area contributed by atoms with Gasteiger partial charge in [0.25, 0.3) is 0 Å². The van der Waals surface area contributed by atoms with Gasteiger partial charge in [0.2, 0.25) is 0 Å². The molecule has 0 saturated carbocycles. The first kappa shape index (κ1) is 15.4. The number of H-pyrrole nitrogens is 1. The van der Waals surface area contributed by atoms with Crippen LogP contribution in [0.2, 0.25) is 0 Å². The van der Waals surface area contributed by atoms with E-state index in [-0.39, 0.29) is 0 Å². The molecule has 21 heavy (non-hydrogen) atoms. The molecule has 1 aromatic heterocycles. The van der Waals surface area contributed by atoms with E-state index in [1.54, 1.807) is 7.11 Å². The third-order valence-electron chi connectivity index (χ3n) is 3.78. The number of methoxy groups -OCH3 is 1. The summed E-state index contributed by atoms with van der Waals surface area (Å²) in [5, 5.41) is 1.25. The molecule has 1 aromatic carbocycles. The fourth-order valence-electron chi connectivity index (χ4n) is 2.70. The Hall–Kier alpha value is -2.00. The van der Waals surface area contributed by atoms with Crippen molar-refractivity contribution in [3.8, 4) is 5.75 Å². The van der Waals surface area contributed by atoms with Crippen molar-refractivity contribution >= 4 is 10.9 Å². The number of ether oxygens (including phenoxy) is 1. The third kappa shape index (κ3) is 3.56. The molecule has 0 atom stereocenters. The van der Waals surface area contributed by atoms with Crippen molar-refractivity contribution in [1.82, 2.24) is 9.88 Å². The quantitative estimate of drug-likeness (QED) is 0.749. The molecule has 3 nitrogen and oxygen atoms in total. The predicted molar refractivity (Wildman–Crippen MR) is 90.1 cm³/mol. The van der Waals surface area contributed by atoms with Crippen LogP contribution in [0.25, 0.3) is 10.9 Å². The molecule has 0 fully saturated rings. The molecule has 0 saturated heterocycles. The molecule has 0 aliphatic carbocycles. The Morgan fingerprint density at radius 2 is 1.95 bits per heavy atom. The normalized spacial score (nSPS) is 11.0. The monoisotopic (exact) mass is 284 g/mol. The van der Waals surface area contributed by atoms with Gasteiger partial charge < -0.3 is 9.72 Å². The van der Waals surface area contributed by atoms with Crippen LogP contribution in [0.4, 0.5) is 0 Å². The molecule has 0 spiro atoms. The van der Waals surface area contributed by atoms with E-state index in [1.807, 2.05) is 18.2 Å². The molecule has 112 valence electrons. The average Bonchev–Trinajstić information content (AvgIpc) is 2.79. The molecule has 0 unspecified atom stereocenters. The van der Waals surface area contributed by atoms with Crippen LogP contribution < -0.4 is 4.74 Å². The second-order valence-corrected chi connectivity index (χ2v) is 5.23. The SMILES string of the molecule is C=CCN(CC=C)CCc1c(C)[nH]c2ccc(OC)cc12. The van der Waals surface area contributed by atoms with Crippen molar-refractivity contribution in [1.29, 1.82) is 0 Å². The van der Waals surface area contributed by atoms with Gasteiger partial charge in [0.1, 0.15) is 5.75 Å². The van der Waals surface area contributed by atoms with Gasteiger partial charge >= 0.3 is 0 Å². The zero-order valence-electron chi connectivity index (χ0n) is 13.0. The average molecular weight is 284 g/mol. The van der Waals surface area contributed by atoms with E-state index in [0.29, 0.717) is 0 Å². The first-order valence-electron chi connectivity index (χ1n) is 7.29. The maximum Gasteiger partial charge on any atom is 0.119 e. The van der Waals surface area contributed by atoms with E-state index >= 15 is 0 Å². The number of benzene rings is 1. The number of aromatic nitrogens is 1. The number of hydrogen-bond acceptors (Lipinski definition) is 2. The summed E-state index contributed by atoms with van der Waals surface area (Å²) in [6, 6.07) is 6.18. The minimum Gasteiger partial charge on any atom is -0.497 e. The highest BCUT2D eigenvalue weighted by molar-refractivity contribution is 5.86. The number of rotatable bonds is 8. The Morgan fingerprint density at radius 3 is 2.57 bits per heavy atom. The first-order valence-corrected chi connectivity index (χ1v) is 7.29. The third-order valence-corrected chi connectivity index (χ3v) is 3.78. The maximum atomic E-state index is 5.34. The molecule has 0 aliphatic heterocycles. The molecular weight excluding hydrogens is 260 g/mol. The summed E-state index contributed by atoms with van der Waals surface area (Å²) in [7, 11) is 1.70. The number of nitrogens with one attached hydrogen (secondary N) is 1. The molecule has 2 rings (SSSR count). The largest absolute Gasteiger partial charge is 0.497 e. The van der Waals surface area contributed by atoms with Crippen molar-refractivity contribution in [2.75, 3.05) is 26.7 Å². The summed E-state index contributed by atoms with van der Waals surface area (Å²) in [6.45, 7) is 12.5. The first-order chi connectivity index (χ1) is 10.2. The van der Waals surface area contributed by atoms with E-state index in [2.05, 4.69) is 42.1 Å². The van der Waals surface area contributed by atoms with Gasteiger partial charge in [-0.15, -0.1) is 13.2 Å². The molecule has 0 aliphatic rings. The van der Waals surface area contributed by atoms with E-state index in [4.69, 9.17) is 4.74 Å². The van der Waals surface area contributed by atoms with Gasteiger partial charge in [0.15, 0.2) is 0 Å². The lowest BCUT2D eigenvalue weighted by Crippen LogP contribution is -2.26. The lowest BCUT2D eigenvalue weighted by atomic mass is 10.1. The summed E-state index contributed by atoms with van der Waals surface area (Å²) in [5.41, 5.74) is 3.76. The minimum atomic E-state index is 0.886. The standard InChI is InChI=1S/C18H24N2O/c1-5-10-20(11-6-2)12-9-16-14(3)19-18-8-7-15(21-4)13-17(16)18/h5-8,13,19H,1-2,9-12H2,3-4H3. The van der Waals surface area contributed by atoms with Crippen LogP contribution in [0.15, 0.2) is 43.5 Å². The Morgan fingerprint density at radius 1 is 1.24 bits per heavy atom. The van der Waals surface area contributed by atoms with E-state index < -0.39 is 0 Å². The molecule has 1 heterocycles. The van der Waals surface area contributed by atoms with Gasteiger partial charge in [0.05, 0.1) is 7.11 Å².